The molecular formula is C20H28O3. The number of fused-ring (bicyclic) bond motifs is 3. The number of rotatable bonds is 1. The number of phenolic OH excluding ortho intramolecular Hbond substituents is 2. The minimum absolute atomic E-state index is 0.00672. The average Bonchev–Trinajstić information content (AvgIpc) is 2.39. The molecule has 3 heteroatoms. The van der Waals surface area contributed by atoms with Crippen molar-refractivity contribution in [3.63, 3.8) is 0 Å². The van der Waals surface area contributed by atoms with E-state index in [9.17, 15) is 15.3 Å². The number of aliphatic hydroxyl groups is 1. The van der Waals surface area contributed by atoms with Crippen molar-refractivity contribution < 1.29 is 15.3 Å². The molecule has 2 aliphatic rings. The highest BCUT2D eigenvalue weighted by Crippen LogP contribution is 2.59. The Hall–Kier alpha value is -1.64. The summed E-state index contributed by atoms with van der Waals surface area (Å²) in [5, 5.41) is 32.0. The van der Waals surface area contributed by atoms with Crippen molar-refractivity contribution in [2.24, 2.45) is 11.3 Å². The first kappa shape index (κ1) is 16.2. The summed E-state index contributed by atoms with van der Waals surface area (Å²) in [6.45, 7) is 10.5. The van der Waals surface area contributed by atoms with Crippen LogP contribution in [0.3, 0.4) is 0 Å². The number of aliphatic hydroxyl groups excluding tert-OH is 1. The maximum Gasteiger partial charge on any atom is 0.130 e. The molecule has 0 saturated heterocycles. The lowest BCUT2D eigenvalue weighted by Gasteiger charge is -2.53. The van der Waals surface area contributed by atoms with Gasteiger partial charge in [0, 0.05) is 22.5 Å². The molecule has 126 valence electrons. The third-order valence-corrected chi connectivity index (χ3v) is 6.07. The lowest BCUT2D eigenvalue weighted by Crippen LogP contribution is -2.47. The van der Waals surface area contributed by atoms with Crippen LogP contribution < -0.4 is 0 Å². The molecule has 2 atom stereocenters. The molecule has 0 aromatic heterocycles. The molecule has 1 aromatic carbocycles. The largest absolute Gasteiger partial charge is 0.512 e. The molecular weight excluding hydrogens is 288 g/mol. The molecule has 0 radical (unpaired) electrons. The van der Waals surface area contributed by atoms with Crippen molar-refractivity contribution in [3.05, 3.63) is 28.5 Å². The van der Waals surface area contributed by atoms with E-state index in [1.807, 2.05) is 19.9 Å². The van der Waals surface area contributed by atoms with Gasteiger partial charge in [-0.05, 0) is 41.9 Å². The van der Waals surface area contributed by atoms with Crippen molar-refractivity contribution in [1.82, 2.24) is 0 Å². The summed E-state index contributed by atoms with van der Waals surface area (Å²) in [4.78, 5) is 0. The summed E-state index contributed by atoms with van der Waals surface area (Å²) in [5.74, 6) is 0.670. The van der Waals surface area contributed by atoms with Gasteiger partial charge in [-0.2, -0.15) is 0 Å². The molecule has 0 amide bonds. The summed E-state index contributed by atoms with van der Waals surface area (Å²) in [5.41, 5.74) is 1.94. The van der Waals surface area contributed by atoms with Gasteiger partial charge in [-0.1, -0.05) is 41.0 Å². The van der Waals surface area contributed by atoms with Crippen LogP contribution in [0, 0.1) is 11.3 Å². The number of benzene rings is 1. The van der Waals surface area contributed by atoms with Crippen molar-refractivity contribution in [2.45, 2.75) is 65.2 Å². The quantitative estimate of drug-likeness (QED) is 0.666. The zero-order chi connectivity index (χ0) is 17.2. The van der Waals surface area contributed by atoms with E-state index in [0.29, 0.717) is 16.9 Å². The molecule has 3 N–H and O–H groups in total. The molecule has 1 fully saturated rings. The van der Waals surface area contributed by atoms with E-state index in [-0.39, 0.29) is 34.2 Å². The molecule has 0 aliphatic heterocycles. The minimum Gasteiger partial charge on any atom is -0.512 e. The Bertz CT molecular complexity index is 685. The maximum atomic E-state index is 10.8. The van der Waals surface area contributed by atoms with Gasteiger partial charge >= 0.3 is 0 Å². The first-order valence-corrected chi connectivity index (χ1v) is 8.59. The van der Waals surface area contributed by atoms with Crippen molar-refractivity contribution in [1.29, 1.82) is 0 Å². The minimum atomic E-state index is -0.264. The van der Waals surface area contributed by atoms with Crippen LogP contribution in [0.1, 0.15) is 76.5 Å². The summed E-state index contributed by atoms with van der Waals surface area (Å²) in [6.07, 6.45) is 4.82. The number of hydrogen-bond donors (Lipinski definition) is 3. The molecule has 2 aliphatic carbocycles. The lowest BCUT2D eigenvalue weighted by molar-refractivity contribution is 0.0492. The van der Waals surface area contributed by atoms with Crippen LogP contribution >= 0.6 is 0 Å². The van der Waals surface area contributed by atoms with Crippen LogP contribution in [0.2, 0.25) is 0 Å². The predicted octanol–water partition coefficient (Wildman–Crippen LogP) is 5.22. The molecule has 3 rings (SSSR count). The number of phenols is 2. The second-order valence-electron chi connectivity index (χ2n) is 8.54. The van der Waals surface area contributed by atoms with Crippen LogP contribution in [-0.2, 0) is 5.41 Å². The summed E-state index contributed by atoms with van der Waals surface area (Å²) < 4.78 is 0. The Morgan fingerprint density at radius 3 is 2.35 bits per heavy atom. The summed E-state index contributed by atoms with van der Waals surface area (Å²) in [6, 6.07) is 1.82. The van der Waals surface area contributed by atoms with Gasteiger partial charge in [0.2, 0.25) is 0 Å². The van der Waals surface area contributed by atoms with E-state index in [2.05, 4.69) is 20.8 Å². The fourth-order valence-corrected chi connectivity index (χ4v) is 5.18. The first-order valence-electron chi connectivity index (χ1n) is 8.59. The Kier molecular flexibility index (Phi) is 3.48. The zero-order valence-electron chi connectivity index (χ0n) is 14.8. The summed E-state index contributed by atoms with van der Waals surface area (Å²) >= 11 is 0. The Morgan fingerprint density at radius 1 is 1.09 bits per heavy atom. The van der Waals surface area contributed by atoms with Gasteiger partial charge in [-0.25, -0.2) is 0 Å². The Balaban J connectivity index is 2.30. The number of aromatic hydroxyl groups is 2. The smallest absolute Gasteiger partial charge is 0.130 e. The SMILES string of the molecule is CC(C)c1c(O)cc2c(c1O)C=C(O)C1C(C)(C)CCCC21C. The highest BCUT2D eigenvalue weighted by Gasteiger charge is 2.52. The van der Waals surface area contributed by atoms with Gasteiger partial charge in [0.15, 0.2) is 0 Å². The van der Waals surface area contributed by atoms with Gasteiger partial charge in [0.25, 0.3) is 0 Å². The van der Waals surface area contributed by atoms with E-state index < -0.39 is 0 Å². The molecule has 23 heavy (non-hydrogen) atoms. The lowest BCUT2D eigenvalue weighted by atomic mass is 9.51. The van der Waals surface area contributed by atoms with Gasteiger partial charge in [-0.3, -0.25) is 0 Å². The van der Waals surface area contributed by atoms with E-state index in [1.165, 1.54) is 0 Å². The normalized spacial score (nSPS) is 29.0. The van der Waals surface area contributed by atoms with Crippen molar-refractivity contribution >= 4 is 6.08 Å². The van der Waals surface area contributed by atoms with Crippen molar-refractivity contribution in [3.8, 4) is 11.5 Å². The van der Waals surface area contributed by atoms with Gasteiger partial charge in [0.1, 0.15) is 11.5 Å². The standard InChI is InChI=1S/C20H28O3/c1-11(2)16-14(21)10-13-12(17(16)23)9-15(22)18-19(3,4)7-6-8-20(13,18)5/h9-11,18,21-23H,6-8H2,1-5H3. The fraction of sp³-hybridized carbons (Fsp3) is 0.600. The van der Waals surface area contributed by atoms with Crippen LogP contribution in [0.4, 0.5) is 0 Å². The fourth-order valence-electron chi connectivity index (χ4n) is 5.18. The molecule has 2 unspecified atom stereocenters. The van der Waals surface area contributed by atoms with Crippen LogP contribution in [-0.4, -0.2) is 15.3 Å². The van der Waals surface area contributed by atoms with Crippen LogP contribution in [0.15, 0.2) is 11.8 Å². The second-order valence-corrected chi connectivity index (χ2v) is 8.54. The molecule has 3 nitrogen and oxygen atoms in total. The second kappa shape index (κ2) is 4.93. The average molecular weight is 316 g/mol. The van der Waals surface area contributed by atoms with Gasteiger partial charge in [0.05, 0.1) is 5.76 Å². The topological polar surface area (TPSA) is 60.7 Å². The predicted molar refractivity (Wildman–Crippen MR) is 92.9 cm³/mol. The Morgan fingerprint density at radius 2 is 1.74 bits per heavy atom. The number of hydrogen-bond acceptors (Lipinski definition) is 3. The highest BCUT2D eigenvalue weighted by molar-refractivity contribution is 5.72. The van der Waals surface area contributed by atoms with E-state index in [0.717, 1.165) is 24.8 Å². The van der Waals surface area contributed by atoms with E-state index in [1.54, 1.807) is 6.08 Å². The van der Waals surface area contributed by atoms with Gasteiger partial charge < -0.3 is 15.3 Å². The molecule has 0 bridgehead atoms. The molecule has 1 aromatic rings. The number of allylic oxidation sites excluding steroid dienone is 1. The highest BCUT2D eigenvalue weighted by atomic mass is 16.3. The third kappa shape index (κ3) is 2.16. The monoisotopic (exact) mass is 316 g/mol. The molecule has 0 spiro atoms. The van der Waals surface area contributed by atoms with Crippen LogP contribution in [0.25, 0.3) is 6.08 Å². The van der Waals surface area contributed by atoms with Crippen LogP contribution in [0.5, 0.6) is 11.5 Å². The van der Waals surface area contributed by atoms with E-state index >= 15 is 0 Å². The maximum absolute atomic E-state index is 10.8. The molecule has 1 saturated carbocycles. The summed E-state index contributed by atoms with van der Waals surface area (Å²) in [7, 11) is 0. The Labute approximate surface area is 138 Å². The molecule has 0 heterocycles. The zero-order valence-corrected chi connectivity index (χ0v) is 14.8. The third-order valence-electron chi connectivity index (χ3n) is 6.07. The van der Waals surface area contributed by atoms with Crippen molar-refractivity contribution in [2.75, 3.05) is 0 Å². The first-order chi connectivity index (χ1) is 10.6. The van der Waals surface area contributed by atoms with Gasteiger partial charge in [-0.15, -0.1) is 0 Å². The van der Waals surface area contributed by atoms with E-state index in [4.69, 9.17) is 0 Å².